The van der Waals surface area contributed by atoms with Crippen LogP contribution in [0.15, 0.2) is 35.9 Å². The first kappa shape index (κ1) is 31.1. The van der Waals surface area contributed by atoms with E-state index in [9.17, 15) is 53.3 Å². The summed E-state index contributed by atoms with van der Waals surface area (Å²) in [4.78, 5) is 74.0. The Morgan fingerprint density at radius 1 is 0.943 bits per heavy atom. The number of hydrogen-bond acceptors (Lipinski definition) is 6. The van der Waals surface area contributed by atoms with E-state index in [1.54, 1.807) is 24.3 Å². The molecule has 196 valence electrons. The molecule has 0 aliphatic rings. The Bertz CT molecular complexity index is 1010. The summed E-state index contributed by atoms with van der Waals surface area (Å²) in [5.74, 6) is -4.43. The van der Waals surface area contributed by atoms with Crippen molar-refractivity contribution < 1.29 is 53.3 Å². The Labute approximate surface area is 209 Å². The van der Waals surface area contributed by atoms with E-state index in [0.717, 1.165) is 5.69 Å². The van der Waals surface area contributed by atoms with E-state index in [4.69, 9.17) is 23.2 Å². The van der Waals surface area contributed by atoms with Crippen LogP contribution in [-0.4, -0.2) is 83.9 Å². The Morgan fingerprint density at radius 2 is 1.43 bits per heavy atom. The van der Waals surface area contributed by atoms with Crippen LogP contribution in [0.2, 0.25) is 0 Å². The standard InChI is InChI=1S/C18H24Cl2N2O11P2/c19-5-7-22(8-6-20)12-3-1-11(2-4-12)9-14(17(26)27)21-15(23)10-13(16(24)25)18(34(28,29)30)35(31,32)33/h1-4,10,14,18H,5-9H2,(H,21,23)(H,24,25)(H,26,27)(H2,28,29,30)(H2,31,32,33)/b13-10+/t14-/m0/s1. The quantitative estimate of drug-likeness (QED) is 0.0926. The molecule has 0 heterocycles. The fourth-order valence-electron chi connectivity index (χ4n) is 3.01. The van der Waals surface area contributed by atoms with Crippen LogP contribution in [0.5, 0.6) is 0 Å². The zero-order valence-corrected chi connectivity index (χ0v) is 21.2. The summed E-state index contributed by atoms with van der Waals surface area (Å²) in [6, 6.07) is 4.93. The monoisotopic (exact) mass is 576 g/mol. The summed E-state index contributed by atoms with van der Waals surface area (Å²) in [7, 11) is -11.4. The molecule has 35 heavy (non-hydrogen) atoms. The summed E-state index contributed by atoms with van der Waals surface area (Å²) < 4.78 is 23.0. The van der Waals surface area contributed by atoms with Gasteiger partial charge in [0.15, 0.2) is 5.40 Å². The maximum Gasteiger partial charge on any atom is 0.345 e. The second-order valence-corrected chi connectivity index (χ2v) is 11.6. The van der Waals surface area contributed by atoms with Crippen LogP contribution in [0.25, 0.3) is 0 Å². The third-order valence-corrected chi connectivity index (χ3v) is 8.49. The number of halogens is 2. The number of carboxylic acid groups (broad SMARTS) is 2. The first-order valence-corrected chi connectivity index (χ1v) is 14.1. The predicted octanol–water partition coefficient (Wildman–Crippen LogP) is 0.775. The van der Waals surface area contributed by atoms with Crippen molar-refractivity contribution in [2.24, 2.45) is 0 Å². The number of nitrogens with zero attached hydrogens (tertiary/aromatic N) is 1. The third-order valence-electron chi connectivity index (χ3n) is 4.51. The fourth-order valence-corrected chi connectivity index (χ4v) is 6.08. The molecular weight excluding hydrogens is 553 g/mol. The van der Waals surface area contributed by atoms with Gasteiger partial charge in [-0.3, -0.25) is 13.9 Å². The Hall–Kier alpha value is -1.95. The van der Waals surface area contributed by atoms with Crippen molar-refractivity contribution in [2.75, 3.05) is 29.7 Å². The molecule has 0 unspecified atom stereocenters. The maximum absolute atomic E-state index is 12.3. The number of nitrogens with one attached hydrogen (secondary N) is 1. The summed E-state index contributed by atoms with van der Waals surface area (Å²) in [5, 5.41) is 17.5. The van der Waals surface area contributed by atoms with Gasteiger partial charge in [-0.05, 0) is 17.7 Å². The second kappa shape index (κ2) is 13.4. The maximum atomic E-state index is 12.3. The molecule has 7 N–H and O–H groups in total. The first-order chi connectivity index (χ1) is 16.1. The molecule has 17 heteroatoms. The molecule has 1 aromatic carbocycles. The van der Waals surface area contributed by atoms with Crippen molar-refractivity contribution >= 4 is 61.9 Å². The van der Waals surface area contributed by atoms with Gasteiger partial charge < -0.3 is 40.0 Å². The highest BCUT2D eigenvalue weighted by molar-refractivity contribution is 7.71. The van der Waals surface area contributed by atoms with E-state index >= 15 is 0 Å². The van der Waals surface area contributed by atoms with Gasteiger partial charge in [0.25, 0.3) is 0 Å². The van der Waals surface area contributed by atoms with Gasteiger partial charge in [0, 0.05) is 43.0 Å². The summed E-state index contributed by atoms with van der Waals surface area (Å²) >= 11 is 11.5. The van der Waals surface area contributed by atoms with E-state index in [1.807, 2.05) is 10.2 Å². The van der Waals surface area contributed by atoms with Crippen molar-refractivity contribution in [1.29, 1.82) is 0 Å². The lowest BCUT2D eigenvalue weighted by Crippen LogP contribution is -2.42. The number of carbonyl (C=O) groups is 3. The average Bonchev–Trinajstić information content (AvgIpc) is 2.71. The minimum absolute atomic E-state index is 0.0421. The van der Waals surface area contributed by atoms with Crippen LogP contribution in [0.1, 0.15) is 5.56 Å². The first-order valence-electron chi connectivity index (χ1n) is 9.66. The highest BCUT2D eigenvalue weighted by Gasteiger charge is 2.48. The predicted molar refractivity (Wildman–Crippen MR) is 127 cm³/mol. The minimum atomic E-state index is -5.72. The molecule has 1 atom stereocenters. The van der Waals surface area contributed by atoms with Gasteiger partial charge >= 0.3 is 27.1 Å². The number of anilines is 1. The van der Waals surface area contributed by atoms with Gasteiger partial charge in [0.1, 0.15) is 6.04 Å². The average molecular weight is 577 g/mol. The molecule has 0 radical (unpaired) electrons. The van der Waals surface area contributed by atoms with Gasteiger partial charge in [-0.2, -0.15) is 0 Å². The summed E-state index contributed by atoms with van der Waals surface area (Å²) in [5.41, 5.74) is -0.346. The molecule has 0 aromatic heterocycles. The van der Waals surface area contributed by atoms with E-state index in [1.165, 1.54) is 0 Å². The van der Waals surface area contributed by atoms with E-state index < -0.39 is 50.1 Å². The third kappa shape index (κ3) is 9.91. The number of rotatable bonds is 14. The fraction of sp³-hybridized carbons (Fsp3) is 0.389. The van der Waals surface area contributed by atoms with Crippen molar-refractivity contribution in [3.8, 4) is 0 Å². The highest BCUT2D eigenvalue weighted by Crippen LogP contribution is 2.62. The van der Waals surface area contributed by atoms with Crippen LogP contribution in [-0.2, 0) is 29.9 Å². The normalized spacial score (nSPS) is 13.4. The Kier molecular flexibility index (Phi) is 11.9. The number of carbonyl (C=O) groups excluding carboxylic acids is 1. The van der Waals surface area contributed by atoms with Gasteiger partial charge in [-0.15, -0.1) is 23.2 Å². The van der Waals surface area contributed by atoms with E-state index in [-0.39, 0.29) is 12.5 Å². The number of carboxylic acids is 2. The molecule has 1 rings (SSSR count). The molecule has 0 fully saturated rings. The Balaban J connectivity index is 3.14. The van der Waals surface area contributed by atoms with Crippen LogP contribution in [0.4, 0.5) is 5.69 Å². The van der Waals surface area contributed by atoms with Gasteiger partial charge in [0.05, 0.1) is 5.57 Å². The molecule has 1 amide bonds. The number of benzene rings is 1. The number of aliphatic carboxylic acids is 2. The number of hydrogen-bond donors (Lipinski definition) is 7. The molecule has 13 nitrogen and oxygen atoms in total. The van der Waals surface area contributed by atoms with Gasteiger partial charge in [0.2, 0.25) is 5.91 Å². The lowest BCUT2D eigenvalue weighted by Gasteiger charge is -2.23. The Morgan fingerprint density at radius 3 is 1.80 bits per heavy atom. The van der Waals surface area contributed by atoms with E-state index in [2.05, 4.69) is 0 Å². The lowest BCUT2D eigenvalue weighted by molar-refractivity contribution is -0.141. The highest BCUT2D eigenvalue weighted by atomic mass is 35.5. The smallest absolute Gasteiger partial charge is 0.345 e. The van der Waals surface area contributed by atoms with Crippen LogP contribution in [0, 0.1) is 0 Å². The molecule has 0 saturated heterocycles. The zero-order valence-electron chi connectivity index (χ0n) is 17.9. The molecule has 0 bridgehead atoms. The zero-order chi connectivity index (χ0) is 27.0. The van der Waals surface area contributed by atoms with Gasteiger partial charge in [-0.1, -0.05) is 12.1 Å². The largest absolute Gasteiger partial charge is 0.480 e. The van der Waals surface area contributed by atoms with Crippen molar-refractivity contribution in [2.45, 2.75) is 17.9 Å². The van der Waals surface area contributed by atoms with Crippen LogP contribution < -0.4 is 10.2 Å². The van der Waals surface area contributed by atoms with Crippen LogP contribution in [0.3, 0.4) is 0 Å². The van der Waals surface area contributed by atoms with E-state index in [0.29, 0.717) is 30.4 Å². The van der Waals surface area contributed by atoms with Crippen molar-refractivity contribution in [3.63, 3.8) is 0 Å². The second-order valence-electron chi connectivity index (χ2n) is 7.09. The number of alkyl halides is 2. The molecule has 0 saturated carbocycles. The summed E-state index contributed by atoms with van der Waals surface area (Å²) in [6.45, 7) is 1.04. The minimum Gasteiger partial charge on any atom is -0.480 e. The SMILES string of the molecule is O=C(/C=C(\C(=O)O)C(P(=O)(O)O)P(=O)(O)O)N[C@@H](Cc1ccc(N(CCCl)CCCl)cc1)C(=O)O. The van der Waals surface area contributed by atoms with Crippen molar-refractivity contribution in [3.05, 3.63) is 41.5 Å². The molecule has 0 aliphatic carbocycles. The topological polar surface area (TPSA) is 222 Å². The number of amides is 1. The molecule has 0 spiro atoms. The molecule has 0 aliphatic heterocycles. The van der Waals surface area contributed by atoms with Crippen molar-refractivity contribution in [1.82, 2.24) is 5.32 Å². The summed E-state index contributed by atoms with van der Waals surface area (Å²) in [6.07, 6.45) is -0.219. The molecule has 1 aromatic rings. The van der Waals surface area contributed by atoms with Gasteiger partial charge in [-0.25, -0.2) is 9.59 Å². The molecular formula is C18H24Cl2N2O11P2. The van der Waals surface area contributed by atoms with Crippen LogP contribution >= 0.6 is 38.4 Å². The lowest BCUT2D eigenvalue weighted by atomic mass is 10.0.